The number of benzene rings is 1. The van der Waals surface area contributed by atoms with E-state index in [9.17, 15) is 18.0 Å². The molecule has 25 heavy (non-hydrogen) atoms. The Morgan fingerprint density at radius 1 is 1.24 bits per heavy atom. The average molecular weight is 365 g/mol. The second-order valence-electron chi connectivity index (χ2n) is 6.56. The molecule has 1 aromatic rings. The number of carbonyl (C=O) groups excluding carboxylic acids is 2. The monoisotopic (exact) mass is 365 g/mol. The van der Waals surface area contributed by atoms with Crippen molar-refractivity contribution in [2.45, 2.75) is 31.8 Å². The summed E-state index contributed by atoms with van der Waals surface area (Å²) in [5, 5.41) is 2.73. The molecule has 0 aliphatic carbocycles. The van der Waals surface area contributed by atoms with Gasteiger partial charge >= 0.3 is 6.03 Å². The van der Waals surface area contributed by atoms with Gasteiger partial charge in [-0.1, -0.05) is 37.3 Å². The van der Waals surface area contributed by atoms with Crippen LogP contribution in [0.4, 0.5) is 4.79 Å². The maximum absolute atomic E-state index is 12.6. The number of sulfone groups is 1. The van der Waals surface area contributed by atoms with Gasteiger partial charge in [0.05, 0.1) is 18.2 Å². The molecule has 7 nitrogen and oxygen atoms in total. The molecule has 0 spiro atoms. The highest BCUT2D eigenvalue weighted by Gasteiger charge is 2.40. The number of imide groups is 1. The fourth-order valence-electron chi connectivity index (χ4n) is 3.42. The molecule has 1 N–H and O–H groups in total. The number of urea groups is 1. The zero-order chi connectivity index (χ0) is 18.0. The SMILES string of the molecule is CCN(CN1C(=O)N[C@@H](Cc2ccccc2)C1=O)[C@H]1CCS(=O)(=O)C1. The Hall–Kier alpha value is -1.93. The van der Waals surface area contributed by atoms with Crippen LogP contribution in [0.1, 0.15) is 18.9 Å². The van der Waals surface area contributed by atoms with Gasteiger partial charge < -0.3 is 5.32 Å². The van der Waals surface area contributed by atoms with Crippen molar-refractivity contribution in [1.82, 2.24) is 15.1 Å². The highest BCUT2D eigenvalue weighted by molar-refractivity contribution is 7.91. The van der Waals surface area contributed by atoms with Crippen molar-refractivity contribution in [3.05, 3.63) is 35.9 Å². The Morgan fingerprint density at radius 3 is 2.56 bits per heavy atom. The van der Waals surface area contributed by atoms with E-state index in [-0.39, 0.29) is 30.1 Å². The van der Waals surface area contributed by atoms with Crippen LogP contribution < -0.4 is 5.32 Å². The van der Waals surface area contributed by atoms with Gasteiger partial charge in [-0.3, -0.25) is 9.69 Å². The third-order valence-corrected chi connectivity index (χ3v) is 6.59. The number of rotatable bonds is 6. The van der Waals surface area contributed by atoms with E-state index >= 15 is 0 Å². The van der Waals surface area contributed by atoms with Crippen LogP contribution >= 0.6 is 0 Å². The van der Waals surface area contributed by atoms with Crippen LogP contribution in [-0.4, -0.2) is 67.0 Å². The highest BCUT2D eigenvalue weighted by atomic mass is 32.2. The van der Waals surface area contributed by atoms with Crippen LogP contribution in [0.3, 0.4) is 0 Å². The largest absolute Gasteiger partial charge is 0.325 e. The van der Waals surface area contributed by atoms with Crippen LogP contribution in [0.5, 0.6) is 0 Å². The van der Waals surface area contributed by atoms with E-state index in [0.717, 1.165) is 5.56 Å². The first-order chi connectivity index (χ1) is 11.9. The number of hydrogen-bond acceptors (Lipinski definition) is 5. The summed E-state index contributed by atoms with van der Waals surface area (Å²) in [5.74, 6) is 0.0104. The van der Waals surface area contributed by atoms with Crippen molar-refractivity contribution in [2.24, 2.45) is 0 Å². The Balaban J connectivity index is 1.65. The molecule has 2 fully saturated rings. The summed E-state index contributed by atoms with van der Waals surface area (Å²) < 4.78 is 23.4. The molecule has 2 aliphatic rings. The number of carbonyl (C=O) groups is 2. The maximum atomic E-state index is 12.6. The summed E-state index contributed by atoms with van der Waals surface area (Å²) in [7, 11) is -3.01. The molecule has 2 atom stereocenters. The molecule has 2 saturated heterocycles. The molecule has 0 bridgehead atoms. The minimum absolute atomic E-state index is 0.0952. The third kappa shape index (κ3) is 4.01. The predicted octanol–water partition coefficient (Wildman–Crippen LogP) is 0.616. The first-order valence-electron chi connectivity index (χ1n) is 8.50. The molecule has 2 heterocycles. The first-order valence-corrected chi connectivity index (χ1v) is 10.3. The predicted molar refractivity (Wildman–Crippen MR) is 93.6 cm³/mol. The number of hydrogen-bond donors (Lipinski definition) is 1. The van der Waals surface area contributed by atoms with Crippen molar-refractivity contribution in [3.8, 4) is 0 Å². The molecule has 136 valence electrons. The molecule has 2 aliphatic heterocycles. The lowest BCUT2D eigenvalue weighted by atomic mass is 10.1. The Labute approximate surface area is 147 Å². The summed E-state index contributed by atoms with van der Waals surface area (Å²) in [6, 6.07) is 8.42. The van der Waals surface area contributed by atoms with Gasteiger partial charge in [0.1, 0.15) is 6.04 Å². The summed E-state index contributed by atoms with van der Waals surface area (Å²) >= 11 is 0. The number of nitrogens with one attached hydrogen (secondary N) is 1. The summed E-state index contributed by atoms with van der Waals surface area (Å²) in [5.41, 5.74) is 0.984. The van der Waals surface area contributed by atoms with Gasteiger partial charge in [-0.2, -0.15) is 0 Å². The minimum atomic E-state index is -3.01. The van der Waals surface area contributed by atoms with Gasteiger partial charge in [-0.05, 0) is 18.5 Å². The Kier molecular flexibility index (Phi) is 5.10. The van der Waals surface area contributed by atoms with E-state index in [0.29, 0.717) is 19.4 Å². The van der Waals surface area contributed by atoms with E-state index in [2.05, 4.69) is 5.32 Å². The minimum Gasteiger partial charge on any atom is -0.325 e. The normalized spacial score (nSPS) is 25.6. The lowest BCUT2D eigenvalue weighted by molar-refractivity contribution is -0.129. The standard InChI is InChI=1S/C17H23N3O4S/c1-2-19(14-8-9-25(23,24)11-14)12-20-16(21)15(18-17(20)22)10-13-6-4-3-5-7-13/h3-7,14-15H,2,8-12H2,1H3,(H,18,22)/t14-,15-/m0/s1. The zero-order valence-electron chi connectivity index (χ0n) is 14.2. The molecule has 0 aromatic heterocycles. The second-order valence-corrected chi connectivity index (χ2v) is 8.79. The number of nitrogens with zero attached hydrogens (tertiary/aromatic N) is 2. The van der Waals surface area contributed by atoms with Gasteiger partial charge in [0.15, 0.2) is 9.84 Å². The summed E-state index contributed by atoms with van der Waals surface area (Å²) in [6.45, 7) is 2.62. The molecule has 3 rings (SSSR count). The third-order valence-electron chi connectivity index (χ3n) is 4.84. The van der Waals surface area contributed by atoms with Crippen LogP contribution in [0.2, 0.25) is 0 Å². The molecule has 0 saturated carbocycles. The van der Waals surface area contributed by atoms with Crippen LogP contribution in [0, 0.1) is 0 Å². The summed E-state index contributed by atoms with van der Waals surface area (Å²) in [4.78, 5) is 27.9. The van der Waals surface area contributed by atoms with E-state index < -0.39 is 21.9 Å². The van der Waals surface area contributed by atoms with Gasteiger partial charge in [0.2, 0.25) is 0 Å². The van der Waals surface area contributed by atoms with E-state index in [4.69, 9.17) is 0 Å². The second kappa shape index (κ2) is 7.13. The molecular formula is C17H23N3O4S. The fraction of sp³-hybridized carbons (Fsp3) is 0.529. The smallest absolute Gasteiger partial charge is 0.325 e. The van der Waals surface area contributed by atoms with E-state index in [1.54, 1.807) is 0 Å². The molecule has 0 unspecified atom stereocenters. The van der Waals surface area contributed by atoms with Crippen molar-refractivity contribution in [3.63, 3.8) is 0 Å². The maximum Gasteiger partial charge on any atom is 0.325 e. The molecule has 3 amide bonds. The van der Waals surface area contributed by atoms with Crippen LogP contribution in [0.15, 0.2) is 30.3 Å². The summed E-state index contributed by atoms with van der Waals surface area (Å²) in [6.07, 6.45) is 0.999. The highest BCUT2D eigenvalue weighted by Crippen LogP contribution is 2.20. The zero-order valence-corrected chi connectivity index (χ0v) is 15.0. The van der Waals surface area contributed by atoms with Crippen molar-refractivity contribution >= 4 is 21.8 Å². The fourth-order valence-corrected chi connectivity index (χ4v) is 5.18. The Bertz CT molecular complexity index is 750. The lowest BCUT2D eigenvalue weighted by Gasteiger charge is -2.29. The first kappa shape index (κ1) is 17.9. The molecule has 0 radical (unpaired) electrons. The van der Waals surface area contributed by atoms with Gasteiger partial charge in [-0.15, -0.1) is 0 Å². The topological polar surface area (TPSA) is 86.8 Å². The quantitative estimate of drug-likeness (QED) is 0.747. The molecular weight excluding hydrogens is 342 g/mol. The lowest BCUT2D eigenvalue weighted by Crippen LogP contribution is -2.47. The van der Waals surface area contributed by atoms with Crippen molar-refractivity contribution in [1.29, 1.82) is 0 Å². The van der Waals surface area contributed by atoms with Crippen molar-refractivity contribution < 1.29 is 18.0 Å². The van der Waals surface area contributed by atoms with Crippen molar-refractivity contribution in [2.75, 3.05) is 24.7 Å². The van der Waals surface area contributed by atoms with Crippen LogP contribution in [-0.2, 0) is 21.1 Å². The average Bonchev–Trinajstić information content (AvgIpc) is 3.06. The van der Waals surface area contributed by atoms with Crippen LogP contribution in [0.25, 0.3) is 0 Å². The Morgan fingerprint density at radius 2 is 1.96 bits per heavy atom. The molecule has 1 aromatic carbocycles. The number of amides is 3. The molecule has 8 heteroatoms. The van der Waals surface area contributed by atoms with E-state index in [1.165, 1.54) is 4.90 Å². The van der Waals surface area contributed by atoms with Gasteiger partial charge in [0, 0.05) is 12.5 Å². The van der Waals surface area contributed by atoms with E-state index in [1.807, 2.05) is 42.2 Å². The van der Waals surface area contributed by atoms with Gasteiger partial charge in [-0.25, -0.2) is 18.1 Å². The van der Waals surface area contributed by atoms with Gasteiger partial charge in [0.25, 0.3) is 5.91 Å².